The van der Waals surface area contributed by atoms with Crippen molar-refractivity contribution < 1.29 is 4.74 Å². The summed E-state index contributed by atoms with van der Waals surface area (Å²) >= 11 is 1.64. The molecule has 0 amide bonds. The summed E-state index contributed by atoms with van der Waals surface area (Å²) < 4.78 is 7.38. The molecule has 0 saturated carbocycles. The molecule has 0 unspecified atom stereocenters. The van der Waals surface area contributed by atoms with Gasteiger partial charge in [0.2, 0.25) is 0 Å². The van der Waals surface area contributed by atoms with Crippen molar-refractivity contribution in [2.24, 2.45) is 0 Å². The number of hydrogen-bond acceptors (Lipinski definition) is 4. The highest BCUT2D eigenvalue weighted by atomic mass is 32.2. The molecular formula is C26H24N2O2S. The molecule has 4 nitrogen and oxygen atoms in total. The molecule has 2 heterocycles. The molecular weight excluding hydrogens is 404 g/mol. The number of rotatable bonds is 6. The molecule has 31 heavy (non-hydrogen) atoms. The highest BCUT2D eigenvalue weighted by molar-refractivity contribution is 8.05. The van der Waals surface area contributed by atoms with Crippen molar-refractivity contribution in [3.05, 3.63) is 81.0 Å². The van der Waals surface area contributed by atoms with E-state index in [9.17, 15) is 4.79 Å². The van der Waals surface area contributed by atoms with Gasteiger partial charge in [-0.25, -0.2) is 4.79 Å². The lowest BCUT2D eigenvalue weighted by Gasteiger charge is -2.16. The number of fused-ring (bicyclic) bond motifs is 1. The largest absolute Gasteiger partial charge is 0.481 e. The zero-order valence-corrected chi connectivity index (χ0v) is 18.5. The fourth-order valence-corrected chi connectivity index (χ4v) is 4.35. The van der Waals surface area contributed by atoms with Crippen LogP contribution in [0.3, 0.4) is 0 Å². The van der Waals surface area contributed by atoms with Crippen LogP contribution in [-0.2, 0) is 6.54 Å². The van der Waals surface area contributed by atoms with Crippen LogP contribution in [0.1, 0.15) is 31.7 Å². The van der Waals surface area contributed by atoms with Crippen molar-refractivity contribution in [1.82, 2.24) is 9.55 Å². The van der Waals surface area contributed by atoms with Crippen LogP contribution >= 0.6 is 11.8 Å². The Morgan fingerprint density at radius 2 is 2.03 bits per heavy atom. The fraction of sp³-hybridized carbons (Fsp3) is 0.231. The van der Waals surface area contributed by atoms with Crippen molar-refractivity contribution in [2.45, 2.75) is 32.7 Å². The third-order valence-corrected chi connectivity index (χ3v) is 6.16. The summed E-state index contributed by atoms with van der Waals surface area (Å²) in [4.78, 5) is 18.7. The Morgan fingerprint density at radius 3 is 2.71 bits per heavy atom. The van der Waals surface area contributed by atoms with E-state index in [0.717, 1.165) is 27.8 Å². The molecule has 0 fully saturated rings. The maximum atomic E-state index is 13.1. The van der Waals surface area contributed by atoms with Crippen molar-refractivity contribution in [3.8, 4) is 29.4 Å². The van der Waals surface area contributed by atoms with E-state index in [1.54, 1.807) is 16.3 Å². The SMILES string of the molecule is C#CCOc1ccc2c(c1)c(-c1ccc(C(C)C)cc1)nc(=O)n2CC1=CCC=CS1. The van der Waals surface area contributed by atoms with E-state index in [-0.39, 0.29) is 12.3 Å². The van der Waals surface area contributed by atoms with Gasteiger partial charge in [-0.3, -0.25) is 4.57 Å². The molecule has 0 aliphatic carbocycles. The minimum Gasteiger partial charge on any atom is -0.481 e. The molecule has 1 aliphatic rings. The maximum absolute atomic E-state index is 13.1. The Bertz CT molecular complexity index is 1260. The lowest BCUT2D eigenvalue weighted by atomic mass is 9.99. The normalized spacial score (nSPS) is 13.3. The number of allylic oxidation sites excluding steroid dienone is 3. The van der Waals surface area contributed by atoms with E-state index in [4.69, 9.17) is 11.2 Å². The van der Waals surface area contributed by atoms with Gasteiger partial charge in [0, 0.05) is 15.9 Å². The number of aromatic nitrogens is 2. The first-order valence-electron chi connectivity index (χ1n) is 10.3. The molecule has 1 aliphatic heterocycles. The highest BCUT2D eigenvalue weighted by Gasteiger charge is 2.15. The molecule has 0 spiro atoms. The van der Waals surface area contributed by atoms with Crippen molar-refractivity contribution in [2.75, 3.05) is 6.61 Å². The monoisotopic (exact) mass is 428 g/mol. The topological polar surface area (TPSA) is 44.1 Å². The maximum Gasteiger partial charge on any atom is 0.348 e. The molecule has 0 N–H and O–H groups in total. The smallest absolute Gasteiger partial charge is 0.348 e. The van der Waals surface area contributed by atoms with Gasteiger partial charge in [-0.05, 0) is 41.5 Å². The van der Waals surface area contributed by atoms with Gasteiger partial charge >= 0.3 is 5.69 Å². The van der Waals surface area contributed by atoms with Gasteiger partial charge < -0.3 is 4.74 Å². The van der Waals surface area contributed by atoms with Gasteiger partial charge in [-0.2, -0.15) is 4.98 Å². The summed E-state index contributed by atoms with van der Waals surface area (Å²) in [6.07, 6.45) is 10.5. The highest BCUT2D eigenvalue weighted by Crippen LogP contribution is 2.31. The minimum atomic E-state index is -0.260. The van der Waals surface area contributed by atoms with Gasteiger partial charge in [0.15, 0.2) is 0 Å². The Labute approximate surface area is 186 Å². The first kappa shape index (κ1) is 21.0. The first-order valence-corrected chi connectivity index (χ1v) is 11.2. The third kappa shape index (κ3) is 4.60. The van der Waals surface area contributed by atoms with Crippen LogP contribution in [0.2, 0.25) is 0 Å². The quantitative estimate of drug-likeness (QED) is 0.470. The molecule has 0 saturated heterocycles. The zero-order chi connectivity index (χ0) is 21.8. The Morgan fingerprint density at radius 1 is 1.23 bits per heavy atom. The van der Waals surface area contributed by atoms with E-state index in [1.165, 1.54) is 5.56 Å². The molecule has 0 radical (unpaired) electrons. The summed E-state index contributed by atoms with van der Waals surface area (Å²) in [7, 11) is 0. The number of thioether (sulfide) groups is 1. The summed E-state index contributed by atoms with van der Waals surface area (Å²) in [6.45, 7) is 5.00. The minimum absolute atomic E-state index is 0.187. The molecule has 5 heteroatoms. The lowest BCUT2D eigenvalue weighted by Crippen LogP contribution is -2.24. The van der Waals surface area contributed by atoms with Gasteiger partial charge in [-0.1, -0.05) is 56.2 Å². The molecule has 156 valence electrons. The first-order chi connectivity index (χ1) is 15.1. The average Bonchev–Trinajstić information content (AvgIpc) is 2.80. The van der Waals surface area contributed by atoms with Crippen LogP contribution < -0.4 is 10.4 Å². The summed E-state index contributed by atoms with van der Waals surface area (Å²) in [5.41, 5.74) is 3.37. The summed E-state index contributed by atoms with van der Waals surface area (Å²) in [6, 6.07) is 13.9. The Hall–Kier alpha value is -3.23. The Balaban J connectivity index is 1.86. The molecule has 4 rings (SSSR count). The number of terminal acetylenes is 1. The van der Waals surface area contributed by atoms with Crippen LogP contribution in [0.5, 0.6) is 5.75 Å². The second kappa shape index (κ2) is 9.28. The van der Waals surface area contributed by atoms with Gasteiger partial charge in [-0.15, -0.1) is 18.2 Å². The standard InChI is InChI=1S/C26H24N2O2S/c1-4-14-30-21-12-13-24-23(16-21)25(20-10-8-19(9-11-20)18(2)3)27-26(29)28(24)17-22-7-5-6-15-31-22/h1,6-13,15-16,18H,5,14,17H2,2-3H3. The molecule has 3 aromatic rings. The van der Waals surface area contributed by atoms with E-state index >= 15 is 0 Å². The van der Waals surface area contributed by atoms with E-state index in [1.807, 2.05) is 30.3 Å². The zero-order valence-electron chi connectivity index (χ0n) is 17.7. The molecule has 0 atom stereocenters. The molecule has 0 bridgehead atoms. The van der Waals surface area contributed by atoms with Crippen LogP contribution in [0.25, 0.3) is 22.2 Å². The number of ether oxygens (including phenoxy) is 1. The van der Waals surface area contributed by atoms with Gasteiger partial charge in [0.1, 0.15) is 12.4 Å². The second-order valence-electron chi connectivity index (χ2n) is 7.67. The second-order valence-corrected chi connectivity index (χ2v) is 8.71. The van der Waals surface area contributed by atoms with Crippen LogP contribution in [0.15, 0.2) is 69.7 Å². The number of nitrogens with zero attached hydrogens (tertiary/aromatic N) is 2. The lowest BCUT2D eigenvalue weighted by molar-refractivity contribution is 0.371. The van der Waals surface area contributed by atoms with Crippen molar-refractivity contribution in [1.29, 1.82) is 0 Å². The predicted octanol–water partition coefficient (Wildman–Crippen LogP) is 5.73. The van der Waals surface area contributed by atoms with Crippen LogP contribution in [-0.4, -0.2) is 16.2 Å². The van der Waals surface area contributed by atoms with Gasteiger partial charge in [0.05, 0.1) is 17.8 Å². The average molecular weight is 429 g/mol. The van der Waals surface area contributed by atoms with Crippen molar-refractivity contribution in [3.63, 3.8) is 0 Å². The summed E-state index contributed by atoms with van der Waals surface area (Å²) in [5.74, 6) is 3.59. The Kier molecular flexibility index (Phi) is 6.29. The fourth-order valence-electron chi connectivity index (χ4n) is 3.57. The van der Waals surface area contributed by atoms with E-state index < -0.39 is 0 Å². The van der Waals surface area contributed by atoms with E-state index in [0.29, 0.717) is 23.9 Å². The predicted molar refractivity (Wildman–Crippen MR) is 129 cm³/mol. The third-order valence-electron chi connectivity index (χ3n) is 5.24. The summed E-state index contributed by atoms with van der Waals surface area (Å²) in [5, 5.41) is 2.93. The van der Waals surface area contributed by atoms with Crippen LogP contribution in [0, 0.1) is 12.3 Å². The number of benzene rings is 2. The molecule has 1 aromatic heterocycles. The van der Waals surface area contributed by atoms with Crippen LogP contribution in [0.4, 0.5) is 0 Å². The van der Waals surface area contributed by atoms with Gasteiger partial charge in [0.25, 0.3) is 0 Å². The molecule has 2 aromatic carbocycles. The van der Waals surface area contributed by atoms with Crippen molar-refractivity contribution >= 4 is 22.7 Å². The number of hydrogen-bond donors (Lipinski definition) is 0. The van der Waals surface area contributed by atoms with E-state index in [2.05, 4.69) is 54.4 Å².